The van der Waals surface area contributed by atoms with Gasteiger partial charge in [0.1, 0.15) is 40.1 Å². The molecule has 0 spiro atoms. The fourth-order valence-electron chi connectivity index (χ4n) is 21.4. The van der Waals surface area contributed by atoms with Gasteiger partial charge >= 0.3 is 5.97 Å². The van der Waals surface area contributed by atoms with Crippen molar-refractivity contribution in [1.82, 2.24) is 98.6 Å². The summed E-state index contributed by atoms with van der Waals surface area (Å²) in [7, 11) is 0. The number of aryl methyl sites for hydroxylation is 2. The number of nitriles is 1. The smallest absolute Gasteiger partial charge is 0.303 e. The zero-order valence-electron chi connectivity index (χ0n) is 78.8. The molecule has 0 radical (unpaired) electrons. The zero-order valence-corrected chi connectivity index (χ0v) is 84.9. The number of carbonyl (C=O) groups excluding carboxylic acids is 1. The van der Waals surface area contributed by atoms with Crippen molar-refractivity contribution < 1.29 is 30.0 Å². The number of β-amino-alcohol motifs (C(OH)–C–C–N with tert-alkyl or cyclic N) is 3. The van der Waals surface area contributed by atoms with Gasteiger partial charge in [-0.25, -0.2) is 53.6 Å². The maximum absolute atomic E-state index is 12.3. The van der Waals surface area contributed by atoms with Crippen LogP contribution in [0.15, 0.2) is 97.6 Å². The lowest BCUT2D eigenvalue weighted by atomic mass is 9.80. The molecule has 8 saturated heterocycles. The number of aromatic nitrogens is 16. The number of rotatable bonds is 27. The first-order valence-corrected chi connectivity index (χ1v) is 51.2. The van der Waals surface area contributed by atoms with Crippen molar-refractivity contribution in [2.45, 2.75) is 137 Å². The van der Waals surface area contributed by atoms with Crippen LogP contribution in [-0.2, 0) is 4.79 Å². The summed E-state index contributed by atoms with van der Waals surface area (Å²) in [5.41, 5.74) is 10.4. The van der Waals surface area contributed by atoms with E-state index in [9.17, 15) is 30.2 Å². The maximum atomic E-state index is 12.3. The number of hydrogen-bond donors (Lipinski definition) is 4. The zero-order chi connectivity index (χ0) is 97.0. The highest BCUT2D eigenvalue weighted by Crippen LogP contribution is 2.43. The number of aliphatic hydroxyl groups excluding tert-OH is 3. The van der Waals surface area contributed by atoms with E-state index >= 15 is 0 Å². The van der Waals surface area contributed by atoms with E-state index in [0.717, 1.165) is 217 Å². The first-order valence-electron chi connectivity index (χ1n) is 48.2. The number of aliphatic hydroxyl groups is 3. The third-order valence-corrected chi connectivity index (χ3v) is 31.6. The number of piperidine rings is 4. The third kappa shape index (κ3) is 22.4. The molecule has 39 heteroatoms. The second-order valence-electron chi connectivity index (χ2n) is 38.4. The number of ketones is 1. The molecule has 20 rings (SSSR count). The summed E-state index contributed by atoms with van der Waals surface area (Å²) in [4.78, 5) is 80.1. The minimum Gasteiger partial charge on any atom is -0.481 e. The lowest BCUT2D eigenvalue weighted by Gasteiger charge is -2.47. The second kappa shape index (κ2) is 44.6. The van der Waals surface area contributed by atoms with E-state index in [2.05, 4.69) is 84.3 Å². The van der Waals surface area contributed by atoms with Crippen molar-refractivity contribution in [2.75, 3.05) is 170 Å². The maximum Gasteiger partial charge on any atom is 0.303 e. The van der Waals surface area contributed by atoms with Gasteiger partial charge in [0.2, 0.25) is 5.95 Å². The van der Waals surface area contributed by atoms with Gasteiger partial charge in [0.15, 0.2) is 39.8 Å². The molecular formula is C99H119Cl8N25O6. The van der Waals surface area contributed by atoms with Crippen molar-refractivity contribution >= 4 is 172 Å². The molecule has 0 amide bonds. The molecule has 0 saturated carbocycles. The average Bonchev–Trinajstić information content (AvgIpc) is 1.60. The summed E-state index contributed by atoms with van der Waals surface area (Å²) in [6.07, 6.45) is 17.9. The van der Waals surface area contributed by atoms with Crippen LogP contribution in [0.25, 0.3) is 44.5 Å². The van der Waals surface area contributed by atoms with E-state index in [1.54, 1.807) is 58.2 Å². The number of halogens is 8. The molecule has 8 fully saturated rings. The molecular weight excluding hydrogens is 1920 g/mol. The Morgan fingerprint density at radius 3 is 1.12 bits per heavy atom. The van der Waals surface area contributed by atoms with Crippen LogP contribution in [0.4, 0.5) is 23.4 Å². The number of nitrogens with zero attached hydrogens (tertiary/aromatic N) is 25. The van der Waals surface area contributed by atoms with Gasteiger partial charge in [-0.15, -0.1) is 0 Å². The lowest BCUT2D eigenvalue weighted by molar-refractivity contribution is -0.137. The second-order valence-corrected chi connectivity index (χ2v) is 41.8. The molecule has 4 aromatic carbocycles. The normalized spacial score (nSPS) is 20.4. The Morgan fingerprint density at radius 1 is 0.406 bits per heavy atom. The number of anilines is 4. The minimum atomic E-state index is -0.728. The number of Topliss-reactive ketones (excluding diaryl/α,β-unsaturated/α-hetero) is 1. The standard InChI is InChI=1S/C27H32Cl2N6O3.C24H27Cl2N7O.2C24H30Cl2N6O/c1-16(21-8-7-20(28)11-22(21)29)35-27-26(25(32-35)17(2)36)30-12-23(31-27)34-14-19(15-34)18-5-3-9-33(13-18)10-4-6-24(37)38;1-15(19-5-4-18(25)9-20(19)26)33-24-23(21(10-27)30-33)28-11-22(29-24)32-13-17(14-32)16-3-2-6-31(12-16)7-8-34;1-15-21-11-27-24(31-13-18(14-31)17-4-3-7-30(12-17)8-9-33)28-23(21)32(29-15)16(2)20-6-5-19(25)10-22(20)26;1-15-23-24(32(29-15)16(2)20-6-5-19(25)10-21(20)26)28-22(11-27-23)31-13-18(14-31)17-4-3-7-30(12-17)8-9-33/h7-8,11-12,16,18-19H,3-6,9-10,13-15H2,1-2H3,(H,37,38);4-5,9,11,15-17,34H,2-3,6-8,12-14H2,1H3;2*5-6,10-11,16-18,33H,3-4,7-9,12-14H2,1-2H3. The fourth-order valence-corrected chi connectivity index (χ4v) is 23.6. The monoisotopic (exact) mass is 2030 g/mol. The van der Waals surface area contributed by atoms with Crippen LogP contribution in [0, 0.1) is 72.5 Å². The lowest BCUT2D eigenvalue weighted by Crippen LogP contribution is -2.54. The van der Waals surface area contributed by atoms with Crippen LogP contribution in [-0.4, -0.2) is 281 Å². The van der Waals surface area contributed by atoms with Gasteiger partial charge in [0.05, 0.1) is 79.4 Å². The quantitative estimate of drug-likeness (QED) is 0.0347. The van der Waals surface area contributed by atoms with Crippen LogP contribution >= 0.6 is 92.8 Å². The van der Waals surface area contributed by atoms with Crippen molar-refractivity contribution in [1.29, 1.82) is 5.26 Å². The molecule has 12 aromatic rings. The summed E-state index contributed by atoms with van der Waals surface area (Å²) >= 11 is 50.2. The first kappa shape index (κ1) is 100. The first-order chi connectivity index (χ1) is 66.6. The van der Waals surface area contributed by atoms with E-state index in [0.29, 0.717) is 122 Å². The number of carboxylic acid groups (broad SMARTS) is 1. The molecule has 8 aliphatic rings. The Labute approximate surface area is 843 Å². The van der Waals surface area contributed by atoms with Gasteiger partial charge in [-0.2, -0.15) is 30.6 Å². The van der Waals surface area contributed by atoms with Gasteiger partial charge < -0.3 is 59.6 Å². The van der Waals surface area contributed by atoms with Crippen LogP contribution in [0.1, 0.15) is 173 Å². The molecule has 8 unspecified atom stereocenters. The Morgan fingerprint density at radius 2 is 0.746 bits per heavy atom. The summed E-state index contributed by atoms with van der Waals surface area (Å²) < 4.78 is 7.31. The van der Waals surface area contributed by atoms with E-state index < -0.39 is 5.97 Å². The van der Waals surface area contributed by atoms with E-state index in [-0.39, 0.29) is 61.9 Å². The number of carboxylic acids is 1. The Kier molecular flexibility index (Phi) is 32.5. The summed E-state index contributed by atoms with van der Waals surface area (Å²) in [6.45, 7) is 33.6. The average molecular weight is 2040 g/mol. The van der Waals surface area contributed by atoms with Crippen molar-refractivity contribution in [3.8, 4) is 6.07 Å². The van der Waals surface area contributed by atoms with Gasteiger partial charge in [-0.1, -0.05) is 117 Å². The Bertz CT molecular complexity index is 6210. The summed E-state index contributed by atoms with van der Waals surface area (Å²) in [6, 6.07) is 23.3. The highest BCUT2D eigenvalue weighted by Gasteiger charge is 2.43. The number of benzene rings is 4. The third-order valence-electron chi connectivity index (χ3n) is 29.4. The van der Waals surface area contributed by atoms with Crippen LogP contribution in [0.5, 0.6) is 0 Å². The molecule has 732 valence electrons. The molecule has 138 heavy (non-hydrogen) atoms. The minimum absolute atomic E-state index is 0.0856. The predicted octanol–water partition coefficient (Wildman–Crippen LogP) is 17.1. The van der Waals surface area contributed by atoms with Crippen LogP contribution in [0.3, 0.4) is 0 Å². The van der Waals surface area contributed by atoms with E-state index in [4.69, 9.17) is 133 Å². The van der Waals surface area contributed by atoms with Crippen molar-refractivity contribution in [3.05, 3.63) is 183 Å². The molecule has 8 aliphatic heterocycles. The predicted molar refractivity (Wildman–Crippen MR) is 544 cm³/mol. The van der Waals surface area contributed by atoms with Gasteiger partial charge in [0, 0.05) is 158 Å². The number of aliphatic carboxylic acids is 1. The van der Waals surface area contributed by atoms with Crippen LogP contribution < -0.4 is 19.6 Å². The molecule has 0 aliphatic carbocycles. The largest absolute Gasteiger partial charge is 0.481 e. The molecule has 4 N–H and O–H groups in total. The number of likely N-dealkylation sites (tertiary alicyclic amines) is 4. The van der Waals surface area contributed by atoms with Crippen LogP contribution in [0.2, 0.25) is 40.2 Å². The molecule has 8 aromatic heterocycles. The number of hydrogen-bond acceptors (Lipinski definition) is 26. The topological polar surface area (TPSA) is 339 Å². The fraction of sp³-hybridized carbons (Fsp3) is 0.525. The van der Waals surface area contributed by atoms with Gasteiger partial charge in [-0.05, 0) is 250 Å². The number of carbonyl (C=O) groups is 2. The molecule has 16 heterocycles. The van der Waals surface area contributed by atoms with Crippen molar-refractivity contribution in [3.63, 3.8) is 0 Å². The van der Waals surface area contributed by atoms with E-state index in [1.165, 1.54) is 51.9 Å². The van der Waals surface area contributed by atoms with Crippen molar-refractivity contribution in [2.24, 2.45) is 47.3 Å². The summed E-state index contributed by atoms with van der Waals surface area (Å²) in [5, 5.41) is 70.5. The molecule has 8 atom stereocenters. The Balaban J connectivity index is 0.000000127. The van der Waals surface area contributed by atoms with Gasteiger partial charge in [0.25, 0.3) is 0 Å². The Hall–Kier alpha value is -9.05. The van der Waals surface area contributed by atoms with Gasteiger partial charge in [-0.3, -0.25) is 9.59 Å². The SMILES string of the molecule is CC(=O)c1nn(C(C)c2ccc(Cl)cc2Cl)c2nc(N3CC(C4CCCN(CCCC(=O)O)C4)C3)cnc12.CC(c1ccc(Cl)cc1Cl)n1nc(C#N)c2ncc(N3CC(C4CCCN(CCO)C4)C3)nc21.Cc1nn(C(C)c2ccc(Cl)cc2Cl)c2nc(N3CC(C4CCCN(CCO)C4)C3)cnc12.Cc1nn(C(C)c2ccc(Cl)cc2Cl)c2nc(N3CC(C4CCCN(CCO)C4)C3)ncc12. The highest BCUT2D eigenvalue weighted by atomic mass is 35.5. The highest BCUT2D eigenvalue weighted by molar-refractivity contribution is 6.37. The molecule has 0 bridgehead atoms. The summed E-state index contributed by atoms with van der Waals surface area (Å²) in [5.74, 6) is 7.47. The number of fused-ring (bicyclic) bond motifs is 4. The van der Waals surface area contributed by atoms with E-state index in [1.807, 2.05) is 85.9 Å². The molecule has 31 nitrogen and oxygen atoms in total.